The van der Waals surface area contributed by atoms with E-state index in [1.165, 1.54) is 19.3 Å². The standard InChI is InChI=1S/C17H28N2O2/c1-13-7-3-4-9-17(13)21-12-15(20)11-19-14(2)16-8-5-6-10-18-16/h5-6,8,10,13-15,17,19-20H,3-4,7,9,11-12H2,1-2H3/t13?,14-,15?,17?/m1/s1. The highest BCUT2D eigenvalue weighted by molar-refractivity contribution is 5.07. The Morgan fingerprint density at radius 3 is 2.90 bits per heavy atom. The monoisotopic (exact) mass is 292 g/mol. The molecule has 0 radical (unpaired) electrons. The topological polar surface area (TPSA) is 54.4 Å². The molecule has 0 amide bonds. The first-order valence-corrected chi connectivity index (χ1v) is 8.10. The number of rotatable bonds is 7. The molecule has 0 spiro atoms. The summed E-state index contributed by atoms with van der Waals surface area (Å²) in [4.78, 5) is 4.31. The van der Waals surface area contributed by atoms with Crippen LogP contribution < -0.4 is 5.32 Å². The lowest BCUT2D eigenvalue weighted by Gasteiger charge is -2.29. The molecule has 1 aliphatic carbocycles. The molecular weight excluding hydrogens is 264 g/mol. The molecule has 1 aromatic heterocycles. The van der Waals surface area contributed by atoms with Crippen molar-refractivity contribution in [3.8, 4) is 0 Å². The molecule has 2 rings (SSSR count). The number of aliphatic hydroxyl groups is 1. The summed E-state index contributed by atoms with van der Waals surface area (Å²) in [6.45, 7) is 5.24. The summed E-state index contributed by atoms with van der Waals surface area (Å²) >= 11 is 0. The lowest BCUT2D eigenvalue weighted by molar-refractivity contribution is -0.0455. The van der Waals surface area contributed by atoms with Crippen LogP contribution in [0.1, 0.15) is 51.3 Å². The van der Waals surface area contributed by atoms with Crippen molar-refractivity contribution in [2.75, 3.05) is 13.2 Å². The van der Waals surface area contributed by atoms with Gasteiger partial charge < -0.3 is 15.2 Å². The summed E-state index contributed by atoms with van der Waals surface area (Å²) in [5.74, 6) is 0.617. The molecule has 4 atom stereocenters. The molecule has 1 aromatic rings. The van der Waals surface area contributed by atoms with Gasteiger partial charge >= 0.3 is 0 Å². The summed E-state index contributed by atoms with van der Waals surface area (Å²) in [5, 5.41) is 13.4. The van der Waals surface area contributed by atoms with Crippen molar-refractivity contribution < 1.29 is 9.84 Å². The van der Waals surface area contributed by atoms with Crippen LogP contribution >= 0.6 is 0 Å². The van der Waals surface area contributed by atoms with E-state index >= 15 is 0 Å². The first kappa shape index (κ1) is 16.4. The Bertz CT molecular complexity index is 399. The average molecular weight is 292 g/mol. The van der Waals surface area contributed by atoms with Crippen molar-refractivity contribution in [2.45, 2.75) is 57.8 Å². The second-order valence-corrected chi connectivity index (χ2v) is 6.17. The molecule has 2 N–H and O–H groups in total. The number of hydrogen-bond donors (Lipinski definition) is 2. The highest BCUT2D eigenvalue weighted by Crippen LogP contribution is 2.26. The van der Waals surface area contributed by atoms with Gasteiger partial charge in [0.2, 0.25) is 0 Å². The minimum absolute atomic E-state index is 0.134. The summed E-state index contributed by atoms with van der Waals surface area (Å²) in [5.41, 5.74) is 0.992. The lowest BCUT2D eigenvalue weighted by atomic mass is 9.88. The van der Waals surface area contributed by atoms with Gasteiger partial charge in [-0.2, -0.15) is 0 Å². The Balaban J connectivity index is 1.66. The molecule has 1 fully saturated rings. The van der Waals surface area contributed by atoms with Crippen LogP contribution in [0.3, 0.4) is 0 Å². The number of hydrogen-bond acceptors (Lipinski definition) is 4. The third-order valence-corrected chi connectivity index (χ3v) is 4.33. The Hall–Kier alpha value is -0.970. The zero-order valence-electron chi connectivity index (χ0n) is 13.2. The van der Waals surface area contributed by atoms with Crippen LogP contribution in [0.15, 0.2) is 24.4 Å². The first-order chi connectivity index (χ1) is 10.2. The van der Waals surface area contributed by atoms with Crippen molar-refractivity contribution in [3.05, 3.63) is 30.1 Å². The minimum Gasteiger partial charge on any atom is -0.389 e. The molecule has 1 aliphatic rings. The maximum absolute atomic E-state index is 10.1. The van der Waals surface area contributed by atoms with E-state index in [0.717, 1.165) is 12.1 Å². The second kappa shape index (κ2) is 8.47. The van der Waals surface area contributed by atoms with Gasteiger partial charge in [-0.25, -0.2) is 0 Å². The Kier molecular flexibility index (Phi) is 6.61. The number of aliphatic hydroxyl groups excluding tert-OH is 1. The molecule has 21 heavy (non-hydrogen) atoms. The van der Waals surface area contributed by atoms with Crippen molar-refractivity contribution in [1.82, 2.24) is 10.3 Å². The van der Waals surface area contributed by atoms with Crippen LogP contribution in [-0.4, -0.2) is 35.5 Å². The molecule has 0 aromatic carbocycles. The molecule has 0 aliphatic heterocycles. The predicted octanol–water partition coefficient (Wildman–Crippen LogP) is 2.69. The van der Waals surface area contributed by atoms with Crippen LogP contribution in [0, 0.1) is 5.92 Å². The molecular formula is C17H28N2O2. The van der Waals surface area contributed by atoms with Gasteiger partial charge in [0.1, 0.15) is 0 Å². The third kappa shape index (κ3) is 5.38. The van der Waals surface area contributed by atoms with Crippen LogP contribution in [-0.2, 0) is 4.74 Å². The van der Waals surface area contributed by atoms with E-state index in [-0.39, 0.29) is 6.04 Å². The predicted molar refractivity (Wildman–Crippen MR) is 84.0 cm³/mol. The molecule has 118 valence electrons. The van der Waals surface area contributed by atoms with Gasteiger partial charge in [0.05, 0.1) is 24.5 Å². The van der Waals surface area contributed by atoms with Crippen LogP contribution in [0.25, 0.3) is 0 Å². The van der Waals surface area contributed by atoms with Crippen molar-refractivity contribution in [3.63, 3.8) is 0 Å². The quantitative estimate of drug-likeness (QED) is 0.811. The molecule has 0 bridgehead atoms. The summed E-state index contributed by atoms with van der Waals surface area (Å²) in [7, 11) is 0. The van der Waals surface area contributed by atoms with Crippen LogP contribution in [0.2, 0.25) is 0 Å². The van der Waals surface area contributed by atoms with Gasteiger partial charge in [-0.1, -0.05) is 25.8 Å². The van der Waals surface area contributed by atoms with Gasteiger partial charge in [0, 0.05) is 18.8 Å². The number of aromatic nitrogens is 1. The fourth-order valence-corrected chi connectivity index (χ4v) is 2.87. The largest absolute Gasteiger partial charge is 0.389 e. The maximum Gasteiger partial charge on any atom is 0.0898 e. The molecule has 4 heteroatoms. The minimum atomic E-state index is -0.467. The summed E-state index contributed by atoms with van der Waals surface area (Å²) < 4.78 is 5.89. The van der Waals surface area contributed by atoms with E-state index in [0.29, 0.717) is 25.2 Å². The highest BCUT2D eigenvalue weighted by atomic mass is 16.5. The highest BCUT2D eigenvalue weighted by Gasteiger charge is 2.22. The van der Waals surface area contributed by atoms with Gasteiger partial charge in [-0.3, -0.25) is 4.98 Å². The Labute approximate surface area is 127 Å². The smallest absolute Gasteiger partial charge is 0.0898 e. The molecule has 1 saturated carbocycles. The fourth-order valence-electron chi connectivity index (χ4n) is 2.87. The van der Waals surface area contributed by atoms with Crippen LogP contribution in [0.4, 0.5) is 0 Å². The maximum atomic E-state index is 10.1. The van der Waals surface area contributed by atoms with Crippen molar-refractivity contribution in [2.24, 2.45) is 5.92 Å². The number of nitrogens with zero attached hydrogens (tertiary/aromatic N) is 1. The van der Waals surface area contributed by atoms with Crippen molar-refractivity contribution in [1.29, 1.82) is 0 Å². The van der Waals surface area contributed by atoms with E-state index < -0.39 is 6.10 Å². The summed E-state index contributed by atoms with van der Waals surface area (Å²) in [6, 6.07) is 6.01. The van der Waals surface area contributed by atoms with Gasteiger partial charge in [0.15, 0.2) is 0 Å². The van der Waals surface area contributed by atoms with E-state index in [1.807, 2.05) is 18.2 Å². The average Bonchev–Trinajstić information content (AvgIpc) is 2.52. The first-order valence-electron chi connectivity index (χ1n) is 8.10. The summed E-state index contributed by atoms with van der Waals surface area (Å²) in [6.07, 6.45) is 6.58. The number of pyridine rings is 1. The molecule has 0 saturated heterocycles. The van der Waals surface area contributed by atoms with E-state index in [4.69, 9.17) is 4.74 Å². The van der Waals surface area contributed by atoms with Gasteiger partial charge in [-0.05, 0) is 37.8 Å². The SMILES string of the molecule is CC1CCCCC1OCC(O)CN[C@H](C)c1ccccn1. The van der Waals surface area contributed by atoms with E-state index in [1.54, 1.807) is 6.20 Å². The number of nitrogens with one attached hydrogen (secondary N) is 1. The van der Waals surface area contributed by atoms with E-state index in [9.17, 15) is 5.11 Å². The Morgan fingerprint density at radius 1 is 1.38 bits per heavy atom. The van der Waals surface area contributed by atoms with Gasteiger partial charge in [0.25, 0.3) is 0 Å². The van der Waals surface area contributed by atoms with Crippen LogP contribution in [0.5, 0.6) is 0 Å². The lowest BCUT2D eigenvalue weighted by Crippen LogP contribution is -2.35. The zero-order chi connectivity index (χ0) is 15.1. The molecule has 1 heterocycles. The fraction of sp³-hybridized carbons (Fsp3) is 0.706. The second-order valence-electron chi connectivity index (χ2n) is 6.17. The molecule has 3 unspecified atom stereocenters. The van der Waals surface area contributed by atoms with Crippen molar-refractivity contribution >= 4 is 0 Å². The Morgan fingerprint density at radius 2 is 2.19 bits per heavy atom. The number of ether oxygens (including phenoxy) is 1. The normalized spacial score (nSPS) is 25.5. The molecule has 4 nitrogen and oxygen atoms in total. The van der Waals surface area contributed by atoms with Gasteiger partial charge in [-0.15, -0.1) is 0 Å². The van der Waals surface area contributed by atoms with E-state index in [2.05, 4.69) is 24.1 Å². The third-order valence-electron chi connectivity index (χ3n) is 4.33. The zero-order valence-corrected chi connectivity index (χ0v) is 13.2.